The van der Waals surface area contributed by atoms with Crippen LogP contribution in [0.3, 0.4) is 0 Å². The van der Waals surface area contributed by atoms with Gasteiger partial charge in [-0.05, 0) is 100 Å². The topological polar surface area (TPSA) is 218 Å². The summed E-state index contributed by atoms with van der Waals surface area (Å²) in [5, 5.41) is 10.5. The second-order valence-corrected chi connectivity index (χ2v) is 14.0. The van der Waals surface area contributed by atoms with E-state index in [4.69, 9.17) is 5.73 Å². The largest absolute Gasteiger partial charge is 0.368 e. The molecule has 0 aliphatic carbocycles. The molecule has 0 aliphatic rings. The van der Waals surface area contributed by atoms with Crippen molar-refractivity contribution in [1.29, 1.82) is 0 Å². The van der Waals surface area contributed by atoms with Gasteiger partial charge in [0.15, 0.2) is 0 Å². The van der Waals surface area contributed by atoms with Crippen LogP contribution in [0, 0.1) is 0 Å². The van der Waals surface area contributed by atoms with Gasteiger partial charge in [0.05, 0.1) is 35.9 Å². The molecule has 0 unspecified atom stereocenters. The molecule has 58 heavy (non-hydrogen) atoms. The lowest BCUT2D eigenvalue weighted by Crippen LogP contribution is -2.52. The van der Waals surface area contributed by atoms with E-state index in [2.05, 4.69) is 51.0 Å². The summed E-state index contributed by atoms with van der Waals surface area (Å²) in [6.45, 7) is 4.36. The Morgan fingerprint density at radius 3 is 1.28 bits per heavy atom. The predicted molar refractivity (Wildman–Crippen MR) is 218 cm³/mol. The zero-order valence-corrected chi connectivity index (χ0v) is 33.1. The number of nitrogens with two attached hydrogens (primary N) is 1. The van der Waals surface area contributed by atoms with Crippen molar-refractivity contribution in [2.24, 2.45) is 5.73 Å². The lowest BCUT2D eigenvalue weighted by Gasteiger charge is -2.23. The fourth-order valence-corrected chi connectivity index (χ4v) is 6.30. The van der Waals surface area contributed by atoms with Crippen LogP contribution in [0.4, 0.5) is 0 Å². The summed E-state index contributed by atoms with van der Waals surface area (Å²) in [5.74, 6) is -2.76. The fourth-order valence-electron chi connectivity index (χ4n) is 6.30. The minimum atomic E-state index is -0.977. The van der Waals surface area contributed by atoms with Gasteiger partial charge in [0.1, 0.15) is 12.1 Å². The predicted octanol–water partition coefficient (Wildman–Crippen LogP) is 2.02. The number of pyridine rings is 4. The molecule has 0 saturated carbocycles. The van der Waals surface area contributed by atoms with E-state index in [0.717, 1.165) is 29.2 Å². The highest BCUT2D eigenvalue weighted by atomic mass is 16.2. The Hall–Kier alpha value is -6.13. The maximum atomic E-state index is 13.3. The van der Waals surface area contributed by atoms with Gasteiger partial charge in [-0.1, -0.05) is 24.3 Å². The number of hydrogen-bond donors (Lipinski definition) is 5. The summed E-state index contributed by atoms with van der Waals surface area (Å²) in [4.78, 5) is 85.1. The van der Waals surface area contributed by atoms with Gasteiger partial charge in [0, 0.05) is 57.9 Å². The number of carbonyl (C=O) groups excluding carboxylic acids is 5. The number of unbranched alkanes of at least 4 members (excludes halogenated alkanes) is 2. The van der Waals surface area contributed by atoms with Gasteiger partial charge in [-0.15, -0.1) is 0 Å². The molecule has 2 atom stereocenters. The number of nitrogens with one attached hydrogen (secondary N) is 4. The minimum Gasteiger partial charge on any atom is -0.368 e. The lowest BCUT2D eigenvalue weighted by atomic mass is 10.1. The first-order chi connectivity index (χ1) is 28.1. The molecule has 4 heterocycles. The van der Waals surface area contributed by atoms with Gasteiger partial charge in [-0.25, -0.2) is 0 Å². The number of rotatable bonds is 26. The van der Waals surface area contributed by atoms with Crippen molar-refractivity contribution >= 4 is 29.5 Å². The van der Waals surface area contributed by atoms with Crippen LogP contribution < -0.4 is 27.0 Å². The first kappa shape index (κ1) is 44.6. The summed E-state index contributed by atoms with van der Waals surface area (Å²) >= 11 is 0. The lowest BCUT2D eigenvalue weighted by molar-refractivity contribution is -0.131. The van der Waals surface area contributed by atoms with Gasteiger partial charge in [0.2, 0.25) is 29.5 Å². The zero-order chi connectivity index (χ0) is 41.4. The first-order valence-electron chi connectivity index (χ1n) is 19.6. The standard InChI is InChI=1S/C42H55N11O5/c1-32(54)50-37(18-6-12-24-52(28-33-14-2-8-20-44-33)29-34-15-3-9-21-45-34)41(57)49-27-40(56)51-38(42(58)48-26-39(43)55)19-7-13-25-53(30-35-16-4-10-22-46-35)31-36-17-5-11-23-47-36/h2-5,8-11,14-17,20-23,37-38H,6-7,12-13,18-19,24-31H2,1H3,(H2,43,55)(H,48,58)(H,49,57)(H,50,54)(H,51,56)/t37-,38-/m0/s1. The van der Waals surface area contributed by atoms with E-state index in [1.165, 1.54) is 6.92 Å². The molecule has 0 saturated heterocycles. The van der Waals surface area contributed by atoms with Crippen LogP contribution in [0.5, 0.6) is 0 Å². The highest BCUT2D eigenvalue weighted by Crippen LogP contribution is 2.12. The molecule has 0 spiro atoms. The van der Waals surface area contributed by atoms with Gasteiger partial charge in [-0.2, -0.15) is 0 Å². The SMILES string of the molecule is CC(=O)N[C@@H](CCCCN(Cc1ccccn1)Cc1ccccn1)C(=O)NCC(=O)N[C@@H](CCCCN(Cc1ccccn1)Cc1ccccn1)C(=O)NCC(N)=O. The van der Waals surface area contributed by atoms with Crippen molar-refractivity contribution in [1.82, 2.24) is 51.0 Å². The molecule has 0 radical (unpaired) electrons. The van der Waals surface area contributed by atoms with Crippen molar-refractivity contribution in [2.45, 2.75) is 83.7 Å². The van der Waals surface area contributed by atoms with Crippen LogP contribution in [-0.2, 0) is 50.2 Å². The molecular weight excluding hydrogens is 739 g/mol. The quantitative estimate of drug-likeness (QED) is 0.0580. The van der Waals surface area contributed by atoms with Crippen LogP contribution in [0.1, 0.15) is 68.2 Å². The Kier molecular flexibility index (Phi) is 19.4. The van der Waals surface area contributed by atoms with Crippen molar-refractivity contribution < 1.29 is 24.0 Å². The summed E-state index contributed by atoms with van der Waals surface area (Å²) in [5.41, 5.74) is 8.93. The van der Waals surface area contributed by atoms with E-state index < -0.39 is 42.3 Å². The molecule has 0 aliphatic heterocycles. The molecule has 16 nitrogen and oxygen atoms in total. The summed E-state index contributed by atoms with van der Waals surface area (Å²) < 4.78 is 0. The summed E-state index contributed by atoms with van der Waals surface area (Å²) in [6, 6.07) is 21.3. The highest BCUT2D eigenvalue weighted by Gasteiger charge is 2.24. The van der Waals surface area contributed by atoms with Crippen LogP contribution in [0.15, 0.2) is 97.6 Å². The molecule has 6 N–H and O–H groups in total. The smallest absolute Gasteiger partial charge is 0.243 e. The number of hydrogen-bond acceptors (Lipinski definition) is 11. The summed E-state index contributed by atoms with van der Waals surface area (Å²) in [7, 11) is 0. The van der Waals surface area contributed by atoms with Gasteiger partial charge in [-0.3, -0.25) is 53.7 Å². The van der Waals surface area contributed by atoms with E-state index in [1.807, 2.05) is 72.8 Å². The Balaban J connectivity index is 1.28. The second-order valence-electron chi connectivity index (χ2n) is 14.0. The molecule has 16 heteroatoms. The molecule has 0 fully saturated rings. The molecular formula is C42H55N11O5. The number of amides is 5. The van der Waals surface area contributed by atoms with E-state index in [-0.39, 0.29) is 18.9 Å². The zero-order valence-electron chi connectivity index (χ0n) is 33.1. The molecule has 308 valence electrons. The van der Waals surface area contributed by atoms with Crippen molar-refractivity contribution in [3.8, 4) is 0 Å². The Morgan fingerprint density at radius 2 is 0.931 bits per heavy atom. The molecule has 4 aromatic heterocycles. The minimum absolute atomic E-state index is 0.275. The number of carbonyl (C=O) groups is 5. The van der Waals surface area contributed by atoms with Crippen LogP contribution in [-0.4, -0.2) is 97.5 Å². The Labute approximate surface area is 339 Å². The molecule has 4 aromatic rings. The normalized spacial score (nSPS) is 12.1. The Bertz CT molecular complexity index is 1760. The number of nitrogens with zero attached hydrogens (tertiary/aromatic N) is 6. The molecule has 0 bridgehead atoms. The monoisotopic (exact) mass is 793 g/mol. The number of aromatic nitrogens is 4. The maximum absolute atomic E-state index is 13.3. The average molecular weight is 794 g/mol. The van der Waals surface area contributed by atoms with E-state index >= 15 is 0 Å². The van der Waals surface area contributed by atoms with Crippen molar-refractivity contribution in [2.75, 3.05) is 26.2 Å². The van der Waals surface area contributed by atoms with Crippen molar-refractivity contribution in [3.63, 3.8) is 0 Å². The fraction of sp³-hybridized carbons (Fsp3) is 0.405. The molecule has 0 aromatic carbocycles. The van der Waals surface area contributed by atoms with Gasteiger partial charge in [0.25, 0.3) is 0 Å². The first-order valence-corrected chi connectivity index (χ1v) is 19.6. The summed E-state index contributed by atoms with van der Waals surface area (Å²) in [6.07, 6.45) is 10.3. The third-order valence-electron chi connectivity index (χ3n) is 9.09. The van der Waals surface area contributed by atoms with Gasteiger partial charge >= 0.3 is 0 Å². The van der Waals surface area contributed by atoms with Gasteiger partial charge < -0.3 is 27.0 Å². The van der Waals surface area contributed by atoms with Crippen LogP contribution in [0.25, 0.3) is 0 Å². The third kappa shape index (κ3) is 17.8. The molecule has 5 amide bonds. The van der Waals surface area contributed by atoms with E-state index in [0.29, 0.717) is 65.0 Å². The average Bonchev–Trinajstić information content (AvgIpc) is 3.22. The van der Waals surface area contributed by atoms with Crippen molar-refractivity contribution in [3.05, 3.63) is 120 Å². The van der Waals surface area contributed by atoms with E-state index in [9.17, 15) is 24.0 Å². The Morgan fingerprint density at radius 1 is 0.552 bits per heavy atom. The van der Waals surface area contributed by atoms with Crippen LogP contribution >= 0.6 is 0 Å². The molecule has 4 rings (SSSR count). The highest BCUT2D eigenvalue weighted by molar-refractivity contribution is 5.93. The maximum Gasteiger partial charge on any atom is 0.243 e. The van der Waals surface area contributed by atoms with E-state index in [1.54, 1.807) is 24.8 Å². The van der Waals surface area contributed by atoms with Crippen LogP contribution in [0.2, 0.25) is 0 Å². The third-order valence-corrected chi connectivity index (χ3v) is 9.09. The second kappa shape index (κ2) is 25.2. The number of primary amides is 1.